The molecule has 1 aromatic rings. The number of rotatable bonds is 3. The Hall–Kier alpha value is -1.50. The van der Waals surface area contributed by atoms with Crippen LogP contribution in [-0.4, -0.2) is 49.2 Å². The minimum Gasteiger partial charge on any atom is -0.452 e. The second kappa shape index (κ2) is 7.17. The Labute approximate surface area is 138 Å². The molecule has 0 bridgehead atoms. The smallest absolute Gasteiger partial charge is 0.340 e. The highest BCUT2D eigenvalue weighted by molar-refractivity contribution is 6.37. The van der Waals surface area contributed by atoms with Crippen molar-refractivity contribution in [3.8, 4) is 0 Å². The van der Waals surface area contributed by atoms with Gasteiger partial charge in [0, 0.05) is 18.1 Å². The molecule has 6 nitrogen and oxygen atoms in total. The van der Waals surface area contributed by atoms with E-state index < -0.39 is 5.97 Å². The number of amides is 1. The lowest BCUT2D eigenvalue weighted by Gasteiger charge is -2.30. The number of benzene rings is 1. The van der Waals surface area contributed by atoms with Gasteiger partial charge in [0.25, 0.3) is 5.91 Å². The molecule has 0 aromatic heterocycles. The third kappa shape index (κ3) is 4.03. The van der Waals surface area contributed by atoms with Gasteiger partial charge in [-0.05, 0) is 19.1 Å². The van der Waals surface area contributed by atoms with Crippen molar-refractivity contribution in [2.45, 2.75) is 13.0 Å². The SMILES string of the molecule is CC1CN(C(=O)COC(=O)c2cc(Cl)cc(Cl)c2N)CCO1. The van der Waals surface area contributed by atoms with Crippen molar-refractivity contribution in [1.82, 2.24) is 4.90 Å². The summed E-state index contributed by atoms with van der Waals surface area (Å²) < 4.78 is 10.3. The quantitative estimate of drug-likeness (QED) is 0.668. The van der Waals surface area contributed by atoms with Gasteiger partial charge in [-0.25, -0.2) is 4.79 Å². The predicted molar refractivity (Wildman–Crippen MR) is 83.2 cm³/mol. The first-order valence-electron chi connectivity index (χ1n) is 6.69. The number of carbonyl (C=O) groups excluding carboxylic acids is 2. The van der Waals surface area contributed by atoms with Gasteiger partial charge in [0.1, 0.15) is 0 Å². The van der Waals surface area contributed by atoms with Crippen LogP contribution in [0.5, 0.6) is 0 Å². The molecule has 0 aliphatic carbocycles. The summed E-state index contributed by atoms with van der Waals surface area (Å²) in [4.78, 5) is 25.6. The van der Waals surface area contributed by atoms with Gasteiger partial charge < -0.3 is 20.1 Å². The number of morpholine rings is 1. The Morgan fingerprint density at radius 1 is 1.45 bits per heavy atom. The first-order valence-corrected chi connectivity index (χ1v) is 7.45. The fourth-order valence-corrected chi connectivity index (χ4v) is 2.59. The average molecular weight is 347 g/mol. The van der Waals surface area contributed by atoms with Crippen LogP contribution < -0.4 is 5.73 Å². The minimum absolute atomic E-state index is 0.0317. The normalized spacial score (nSPS) is 18.1. The van der Waals surface area contributed by atoms with Crippen molar-refractivity contribution in [1.29, 1.82) is 0 Å². The number of halogens is 2. The highest BCUT2D eigenvalue weighted by Crippen LogP contribution is 2.28. The number of hydrogen-bond donors (Lipinski definition) is 1. The van der Waals surface area contributed by atoms with Crippen LogP contribution in [0.4, 0.5) is 5.69 Å². The van der Waals surface area contributed by atoms with Crippen LogP contribution in [0, 0.1) is 0 Å². The monoisotopic (exact) mass is 346 g/mol. The second-order valence-electron chi connectivity index (χ2n) is 4.95. The summed E-state index contributed by atoms with van der Waals surface area (Å²) in [7, 11) is 0. The zero-order valence-corrected chi connectivity index (χ0v) is 13.5. The fraction of sp³-hybridized carbons (Fsp3) is 0.429. The molecule has 1 aromatic carbocycles. The standard InChI is InChI=1S/C14H16Cl2N2O4/c1-8-6-18(2-3-21-8)12(19)7-22-14(20)10-4-9(15)5-11(16)13(10)17/h4-5,8H,2-3,6-7,17H2,1H3. The molecule has 22 heavy (non-hydrogen) atoms. The first kappa shape index (κ1) is 16.9. The maximum atomic E-state index is 12.0. The average Bonchev–Trinajstić information content (AvgIpc) is 2.48. The molecule has 1 aliphatic rings. The zero-order valence-electron chi connectivity index (χ0n) is 12.0. The summed E-state index contributed by atoms with van der Waals surface area (Å²) in [6, 6.07) is 2.78. The number of nitrogens with two attached hydrogens (primary N) is 1. The summed E-state index contributed by atoms with van der Waals surface area (Å²) in [6.07, 6.45) is -0.0317. The van der Waals surface area contributed by atoms with Gasteiger partial charge in [0.2, 0.25) is 0 Å². The molecular weight excluding hydrogens is 331 g/mol. The van der Waals surface area contributed by atoms with E-state index in [-0.39, 0.29) is 39.9 Å². The summed E-state index contributed by atoms with van der Waals surface area (Å²) in [5.74, 6) is -1.02. The van der Waals surface area contributed by atoms with Gasteiger partial charge in [0.05, 0.1) is 29.0 Å². The number of hydrogen-bond acceptors (Lipinski definition) is 5. The van der Waals surface area contributed by atoms with Crippen molar-refractivity contribution >= 4 is 40.8 Å². The van der Waals surface area contributed by atoms with Gasteiger partial charge in [0.15, 0.2) is 6.61 Å². The van der Waals surface area contributed by atoms with E-state index in [2.05, 4.69) is 0 Å². The molecule has 120 valence electrons. The van der Waals surface area contributed by atoms with Gasteiger partial charge in [-0.2, -0.15) is 0 Å². The van der Waals surface area contributed by atoms with E-state index in [9.17, 15) is 9.59 Å². The number of nitrogens with zero attached hydrogens (tertiary/aromatic N) is 1. The molecule has 2 rings (SSSR count). The Kier molecular flexibility index (Phi) is 5.50. The van der Waals surface area contributed by atoms with E-state index in [1.165, 1.54) is 12.1 Å². The maximum absolute atomic E-state index is 12.0. The van der Waals surface area contributed by atoms with Crippen molar-refractivity contribution in [2.24, 2.45) is 0 Å². The highest BCUT2D eigenvalue weighted by atomic mass is 35.5. The molecule has 1 unspecified atom stereocenters. The van der Waals surface area contributed by atoms with Crippen molar-refractivity contribution in [3.05, 3.63) is 27.7 Å². The van der Waals surface area contributed by atoms with E-state index in [1.54, 1.807) is 4.90 Å². The van der Waals surface area contributed by atoms with E-state index in [0.29, 0.717) is 19.7 Å². The van der Waals surface area contributed by atoms with Gasteiger partial charge >= 0.3 is 5.97 Å². The second-order valence-corrected chi connectivity index (χ2v) is 5.79. The summed E-state index contributed by atoms with van der Waals surface area (Å²) in [6.45, 7) is 2.93. The molecule has 0 spiro atoms. The van der Waals surface area contributed by atoms with Crippen LogP contribution in [0.15, 0.2) is 12.1 Å². The van der Waals surface area contributed by atoms with Crippen LogP contribution in [-0.2, 0) is 14.3 Å². The predicted octanol–water partition coefficient (Wildman–Crippen LogP) is 1.98. The van der Waals surface area contributed by atoms with E-state index in [0.717, 1.165) is 0 Å². The van der Waals surface area contributed by atoms with Crippen molar-refractivity contribution in [2.75, 3.05) is 32.0 Å². The maximum Gasteiger partial charge on any atom is 0.340 e. The van der Waals surface area contributed by atoms with E-state index >= 15 is 0 Å². The molecule has 1 saturated heterocycles. The van der Waals surface area contributed by atoms with Crippen LogP contribution >= 0.6 is 23.2 Å². The summed E-state index contributed by atoms with van der Waals surface area (Å²) in [5.41, 5.74) is 5.83. The van der Waals surface area contributed by atoms with Crippen LogP contribution in [0.2, 0.25) is 10.0 Å². The fourth-order valence-electron chi connectivity index (χ4n) is 2.09. The number of carbonyl (C=O) groups is 2. The van der Waals surface area contributed by atoms with Gasteiger partial charge in [-0.3, -0.25) is 4.79 Å². The van der Waals surface area contributed by atoms with Crippen molar-refractivity contribution < 1.29 is 19.1 Å². The summed E-state index contributed by atoms with van der Waals surface area (Å²) in [5, 5.41) is 0.423. The lowest BCUT2D eigenvalue weighted by molar-refractivity contribution is -0.141. The molecule has 2 N–H and O–H groups in total. The number of anilines is 1. The first-order chi connectivity index (χ1) is 10.4. The van der Waals surface area contributed by atoms with Crippen LogP contribution in [0.25, 0.3) is 0 Å². The minimum atomic E-state index is -0.739. The lowest BCUT2D eigenvalue weighted by atomic mass is 10.2. The zero-order chi connectivity index (χ0) is 16.3. The molecule has 1 atom stereocenters. The molecule has 8 heteroatoms. The Bertz CT molecular complexity index is 594. The Balaban J connectivity index is 1.97. The number of nitrogen functional groups attached to an aromatic ring is 1. The van der Waals surface area contributed by atoms with Crippen molar-refractivity contribution in [3.63, 3.8) is 0 Å². The molecule has 1 heterocycles. The van der Waals surface area contributed by atoms with Gasteiger partial charge in [-0.1, -0.05) is 23.2 Å². The molecule has 1 amide bonds. The third-order valence-corrected chi connectivity index (χ3v) is 3.77. The molecule has 0 radical (unpaired) electrons. The highest BCUT2D eigenvalue weighted by Gasteiger charge is 2.23. The molecular formula is C14H16Cl2N2O4. The van der Waals surface area contributed by atoms with Gasteiger partial charge in [-0.15, -0.1) is 0 Å². The Morgan fingerprint density at radius 3 is 2.86 bits per heavy atom. The molecule has 1 aliphatic heterocycles. The Morgan fingerprint density at radius 2 is 2.18 bits per heavy atom. The van der Waals surface area contributed by atoms with E-state index in [4.69, 9.17) is 38.4 Å². The topological polar surface area (TPSA) is 81.9 Å². The molecule has 0 saturated carbocycles. The van der Waals surface area contributed by atoms with Crippen LogP contribution in [0.3, 0.4) is 0 Å². The lowest BCUT2D eigenvalue weighted by Crippen LogP contribution is -2.46. The largest absolute Gasteiger partial charge is 0.452 e. The van der Waals surface area contributed by atoms with E-state index in [1.807, 2.05) is 6.92 Å². The number of ether oxygens (including phenoxy) is 2. The van der Waals surface area contributed by atoms with Crippen LogP contribution in [0.1, 0.15) is 17.3 Å². The number of esters is 1. The third-order valence-electron chi connectivity index (χ3n) is 3.23. The summed E-state index contributed by atoms with van der Waals surface area (Å²) >= 11 is 11.7. The molecule has 1 fully saturated rings.